The summed E-state index contributed by atoms with van der Waals surface area (Å²) in [5.41, 5.74) is 0.802. The molecule has 18 heteroatoms. The normalized spacial score (nSPS) is 19.3. The smallest absolute Gasteiger partial charge is 0.475 e. The Morgan fingerprint density at radius 1 is 0.854 bits per heavy atom. The van der Waals surface area contributed by atoms with Gasteiger partial charge >= 0.3 is 25.0 Å². The standard InChI is InChI=1S/C30H45BN6O11/c1-20(29(44)37-10-2-3-25(37)31(47)48)33-28(43)21-4-6-22(7-5-21)32-17-23(38)8-9-24(30(45)46)36-15-13-34(18-26(39)40)11-12-35(14-16-36)19-27(41)42/h4-7,20,24-25,32,47-48H,2-3,8-19H2,1H3,(H,33,43)(H,39,40)(H,41,42)(H,45,46)/t20-,24?,25+/m1/s1. The number of amides is 2. The molecule has 0 saturated carbocycles. The number of Topliss-reactive ketones (excluding diaryl/α,β-unsaturated/α-hetero) is 1. The third-order valence-electron chi connectivity index (χ3n) is 8.56. The molecule has 48 heavy (non-hydrogen) atoms. The number of carbonyl (C=O) groups excluding carboxylic acids is 3. The van der Waals surface area contributed by atoms with Gasteiger partial charge in [0.15, 0.2) is 5.78 Å². The van der Waals surface area contributed by atoms with Crippen LogP contribution in [0.25, 0.3) is 0 Å². The van der Waals surface area contributed by atoms with Crippen molar-refractivity contribution < 1.29 is 54.1 Å². The van der Waals surface area contributed by atoms with E-state index in [-0.39, 0.29) is 70.0 Å². The van der Waals surface area contributed by atoms with Crippen molar-refractivity contribution in [1.29, 1.82) is 0 Å². The molecular weight excluding hydrogens is 631 g/mol. The first kappa shape index (κ1) is 38.4. The number of carbonyl (C=O) groups is 6. The Morgan fingerprint density at radius 2 is 1.42 bits per heavy atom. The molecule has 0 aromatic heterocycles. The Bertz CT molecular complexity index is 1270. The number of rotatable bonds is 16. The van der Waals surface area contributed by atoms with E-state index in [1.807, 2.05) is 0 Å². The van der Waals surface area contributed by atoms with Gasteiger partial charge in [-0.3, -0.25) is 43.5 Å². The van der Waals surface area contributed by atoms with E-state index in [4.69, 9.17) is 0 Å². The molecule has 2 aliphatic heterocycles. The lowest BCUT2D eigenvalue weighted by atomic mass is 9.78. The SMILES string of the molecule is C[C@@H](NC(=O)c1ccc(NCC(=O)CCC(C(=O)O)N2CCN(CC(=O)O)CCN(CC(=O)O)CC2)cc1)C(=O)N1CCC[C@H]1B(O)O. The highest BCUT2D eigenvalue weighted by atomic mass is 16.4. The number of hydrogen-bond acceptors (Lipinski definition) is 12. The predicted octanol–water partition coefficient (Wildman–Crippen LogP) is -1.89. The first-order valence-corrected chi connectivity index (χ1v) is 15.9. The van der Waals surface area contributed by atoms with Crippen molar-refractivity contribution in [2.24, 2.45) is 0 Å². The number of carboxylic acid groups (broad SMARTS) is 3. The highest BCUT2D eigenvalue weighted by Crippen LogP contribution is 2.19. The second-order valence-corrected chi connectivity index (χ2v) is 12.1. The maximum Gasteiger partial charge on any atom is 0.475 e. The van der Waals surface area contributed by atoms with Crippen LogP contribution in [0.4, 0.5) is 5.69 Å². The number of benzene rings is 1. The molecule has 0 spiro atoms. The zero-order valence-electron chi connectivity index (χ0n) is 27.0. The molecule has 3 rings (SSSR count). The summed E-state index contributed by atoms with van der Waals surface area (Å²) in [5.74, 6) is -5.12. The summed E-state index contributed by atoms with van der Waals surface area (Å²) in [4.78, 5) is 79.3. The van der Waals surface area contributed by atoms with E-state index < -0.39 is 54.9 Å². The number of nitrogens with one attached hydrogen (secondary N) is 2. The molecule has 1 unspecified atom stereocenters. The zero-order chi connectivity index (χ0) is 35.4. The summed E-state index contributed by atoms with van der Waals surface area (Å²) < 4.78 is 0. The molecular formula is C30H45BN6O11. The third-order valence-corrected chi connectivity index (χ3v) is 8.56. The molecule has 0 bridgehead atoms. The fourth-order valence-corrected chi connectivity index (χ4v) is 5.92. The van der Waals surface area contributed by atoms with Crippen LogP contribution in [0.5, 0.6) is 0 Å². The van der Waals surface area contributed by atoms with Gasteiger partial charge in [0.05, 0.1) is 25.6 Å². The Labute approximate surface area is 278 Å². The minimum absolute atomic E-state index is 0.000831. The molecule has 2 fully saturated rings. The summed E-state index contributed by atoms with van der Waals surface area (Å²) in [6.45, 7) is 2.88. The molecule has 3 atom stereocenters. The van der Waals surface area contributed by atoms with Crippen LogP contribution in [-0.4, -0.2) is 171 Å². The molecule has 2 amide bonds. The van der Waals surface area contributed by atoms with Crippen LogP contribution in [0, 0.1) is 0 Å². The summed E-state index contributed by atoms with van der Waals surface area (Å²) in [6.07, 6.45) is 1.03. The zero-order valence-corrected chi connectivity index (χ0v) is 27.0. The van der Waals surface area contributed by atoms with Gasteiger partial charge in [-0.25, -0.2) is 0 Å². The number of ketones is 1. The van der Waals surface area contributed by atoms with Crippen LogP contribution in [0.15, 0.2) is 24.3 Å². The van der Waals surface area contributed by atoms with Crippen LogP contribution < -0.4 is 10.6 Å². The lowest BCUT2D eigenvalue weighted by Crippen LogP contribution is -2.52. The quantitative estimate of drug-likeness (QED) is 0.0948. The Hall–Kier alpha value is -4.10. The second kappa shape index (κ2) is 18.4. The van der Waals surface area contributed by atoms with Crippen molar-refractivity contribution in [2.75, 3.05) is 70.8 Å². The Morgan fingerprint density at radius 3 is 1.94 bits per heavy atom. The topological polar surface area (TPSA) is 241 Å². The van der Waals surface area contributed by atoms with Gasteiger partial charge in [-0.2, -0.15) is 0 Å². The van der Waals surface area contributed by atoms with Gasteiger partial charge in [-0.15, -0.1) is 0 Å². The number of carboxylic acids is 3. The second-order valence-electron chi connectivity index (χ2n) is 12.1. The summed E-state index contributed by atoms with van der Waals surface area (Å²) in [5, 5.41) is 53.1. The van der Waals surface area contributed by atoms with E-state index >= 15 is 0 Å². The van der Waals surface area contributed by atoms with Gasteiger partial charge in [0.1, 0.15) is 12.1 Å². The van der Waals surface area contributed by atoms with E-state index in [2.05, 4.69) is 10.6 Å². The van der Waals surface area contributed by atoms with E-state index in [1.165, 1.54) is 24.0 Å². The molecule has 1 aromatic carbocycles. The van der Waals surface area contributed by atoms with Crippen LogP contribution in [0.2, 0.25) is 0 Å². The average Bonchev–Trinajstić information content (AvgIpc) is 3.54. The summed E-state index contributed by atoms with van der Waals surface area (Å²) in [6, 6.07) is 4.27. The number of likely N-dealkylation sites (tertiary alicyclic amines) is 1. The van der Waals surface area contributed by atoms with Gasteiger partial charge in [0, 0.05) is 63.5 Å². The molecule has 2 heterocycles. The van der Waals surface area contributed by atoms with Crippen molar-refractivity contribution in [3.8, 4) is 0 Å². The molecule has 7 N–H and O–H groups in total. The van der Waals surface area contributed by atoms with Gasteiger partial charge < -0.3 is 40.9 Å². The van der Waals surface area contributed by atoms with E-state index in [0.717, 1.165) is 0 Å². The largest absolute Gasteiger partial charge is 0.480 e. The minimum Gasteiger partial charge on any atom is -0.480 e. The Kier molecular flexibility index (Phi) is 14.7. The lowest BCUT2D eigenvalue weighted by Gasteiger charge is -2.30. The van der Waals surface area contributed by atoms with Crippen molar-refractivity contribution in [2.45, 2.75) is 50.6 Å². The fraction of sp³-hybridized carbons (Fsp3) is 0.600. The molecule has 2 saturated heterocycles. The highest BCUT2D eigenvalue weighted by molar-refractivity contribution is 6.43. The average molecular weight is 677 g/mol. The molecule has 264 valence electrons. The number of anilines is 1. The summed E-state index contributed by atoms with van der Waals surface area (Å²) in [7, 11) is -1.66. The maximum atomic E-state index is 12.8. The molecule has 1 aromatic rings. The van der Waals surface area contributed by atoms with E-state index in [1.54, 1.807) is 26.8 Å². The number of hydrogen-bond donors (Lipinski definition) is 7. The van der Waals surface area contributed by atoms with Gasteiger partial charge in [-0.1, -0.05) is 0 Å². The van der Waals surface area contributed by atoms with Gasteiger partial charge in [0.25, 0.3) is 5.91 Å². The van der Waals surface area contributed by atoms with Gasteiger partial charge in [-0.05, 0) is 50.5 Å². The third kappa shape index (κ3) is 11.9. The molecule has 17 nitrogen and oxygen atoms in total. The van der Waals surface area contributed by atoms with Crippen LogP contribution in [0.3, 0.4) is 0 Å². The number of nitrogens with zero attached hydrogens (tertiary/aromatic N) is 4. The van der Waals surface area contributed by atoms with Crippen molar-refractivity contribution >= 4 is 48.3 Å². The first-order valence-electron chi connectivity index (χ1n) is 15.9. The van der Waals surface area contributed by atoms with Crippen LogP contribution in [-0.2, 0) is 24.0 Å². The van der Waals surface area contributed by atoms with Crippen LogP contribution >= 0.6 is 0 Å². The predicted molar refractivity (Wildman–Crippen MR) is 172 cm³/mol. The molecule has 2 aliphatic rings. The summed E-state index contributed by atoms with van der Waals surface area (Å²) >= 11 is 0. The Balaban J connectivity index is 1.51. The molecule has 0 radical (unpaired) electrons. The fourth-order valence-electron chi connectivity index (χ4n) is 5.92. The van der Waals surface area contributed by atoms with Gasteiger partial charge in [0.2, 0.25) is 5.91 Å². The van der Waals surface area contributed by atoms with Crippen molar-refractivity contribution in [3.63, 3.8) is 0 Å². The van der Waals surface area contributed by atoms with E-state index in [0.29, 0.717) is 38.2 Å². The van der Waals surface area contributed by atoms with Crippen molar-refractivity contribution in [1.82, 2.24) is 24.9 Å². The minimum atomic E-state index is -1.66. The maximum absolute atomic E-state index is 12.8. The monoisotopic (exact) mass is 676 g/mol. The van der Waals surface area contributed by atoms with Crippen molar-refractivity contribution in [3.05, 3.63) is 29.8 Å². The van der Waals surface area contributed by atoms with E-state index in [9.17, 15) is 54.1 Å². The number of aliphatic carboxylic acids is 3. The molecule has 0 aliphatic carbocycles. The highest BCUT2D eigenvalue weighted by Gasteiger charge is 2.38. The van der Waals surface area contributed by atoms with Crippen LogP contribution in [0.1, 0.15) is 43.0 Å². The first-order chi connectivity index (χ1) is 22.7. The lowest BCUT2D eigenvalue weighted by molar-refractivity contribution is -0.144.